The van der Waals surface area contributed by atoms with Gasteiger partial charge >= 0.3 is 0 Å². The molecule has 0 amide bonds. The Morgan fingerprint density at radius 2 is 1.63 bits per heavy atom. The molecule has 1 aromatic heterocycles. The molecule has 98 valence electrons. The average Bonchev–Trinajstić information content (AvgIpc) is 3.08. The lowest BCUT2D eigenvalue weighted by atomic mass is 10.0. The first-order chi connectivity index (χ1) is 9.38. The Bertz CT molecular complexity index is 481. The lowest BCUT2D eigenvalue weighted by Gasteiger charge is -2.12. The minimum Gasteiger partial charge on any atom is -0.386 e. The van der Waals surface area contributed by atoms with E-state index in [4.69, 9.17) is 0 Å². The van der Waals surface area contributed by atoms with E-state index in [1.165, 1.54) is 0 Å². The van der Waals surface area contributed by atoms with Crippen LogP contribution in [0.4, 0.5) is 0 Å². The number of aromatic nitrogens is 1. The van der Waals surface area contributed by atoms with E-state index < -0.39 is 6.10 Å². The van der Waals surface area contributed by atoms with E-state index >= 15 is 0 Å². The summed E-state index contributed by atoms with van der Waals surface area (Å²) in [5.41, 5.74) is 0.871. The normalized spacial score (nSPS) is 17.7. The van der Waals surface area contributed by atoms with Crippen molar-refractivity contribution < 1.29 is 5.11 Å². The fraction of sp³-hybridized carbons (Fsp3) is 0.125. The Labute approximate surface area is 113 Å². The van der Waals surface area contributed by atoms with Crippen LogP contribution in [0.1, 0.15) is 11.8 Å². The minimum atomic E-state index is -0.435. The quantitative estimate of drug-likeness (QED) is 0.760. The lowest BCUT2D eigenvalue weighted by Crippen LogP contribution is -2.06. The molecule has 19 heavy (non-hydrogen) atoms. The van der Waals surface area contributed by atoms with Gasteiger partial charge in [0.05, 0.1) is 0 Å². The standard InChI is InChI=1S/C10H11NO.C6H7N/c12-10(8-4-1-2-5-8)9-6-3-7-11-9;1-2-4-6-7-5-3-1/h1-8,10-12H;1-7H. The largest absolute Gasteiger partial charge is 0.386 e. The molecule has 3 nitrogen and oxygen atoms in total. The second kappa shape index (κ2) is 7.24. The number of aliphatic hydroxyl groups is 1. The van der Waals surface area contributed by atoms with Crippen molar-refractivity contribution in [3.8, 4) is 0 Å². The number of H-pyrrole nitrogens is 1. The van der Waals surface area contributed by atoms with Crippen LogP contribution in [-0.2, 0) is 0 Å². The summed E-state index contributed by atoms with van der Waals surface area (Å²) in [6.07, 6.45) is 20.9. The third kappa shape index (κ3) is 4.16. The molecular weight excluding hydrogens is 236 g/mol. The van der Waals surface area contributed by atoms with Gasteiger partial charge in [0.2, 0.25) is 0 Å². The van der Waals surface area contributed by atoms with Crippen LogP contribution in [0.3, 0.4) is 0 Å². The van der Waals surface area contributed by atoms with Gasteiger partial charge in [-0.15, -0.1) is 0 Å². The highest BCUT2D eigenvalue weighted by molar-refractivity contribution is 5.22. The number of hydrogen-bond donors (Lipinski definition) is 3. The van der Waals surface area contributed by atoms with Crippen LogP contribution in [0, 0.1) is 5.92 Å². The Morgan fingerprint density at radius 3 is 2.21 bits per heavy atom. The molecule has 3 N–H and O–H groups in total. The molecule has 0 radical (unpaired) electrons. The van der Waals surface area contributed by atoms with Gasteiger partial charge in [-0.25, -0.2) is 0 Å². The molecule has 0 spiro atoms. The molecule has 0 saturated heterocycles. The first-order valence-corrected chi connectivity index (χ1v) is 6.28. The molecule has 1 aliphatic carbocycles. The zero-order chi connectivity index (χ0) is 13.3. The summed E-state index contributed by atoms with van der Waals surface area (Å²) in [5.74, 6) is 0.128. The molecule has 0 saturated carbocycles. The predicted octanol–water partition coefficient (Wildman–Crippen LogP) is 2.96. The van der Waals surface area contributed by atoms with Crippen LogP contribution in [0.2, 0.25) is 0 Å². The summed E-state index contributed by atoms with van der Waals surface area (Å²) in [6.45, 7) is 0. The molecule has 3 heteroatoms. The molecule has 0 bridgehead atoms. The maximum atomic E-state index is 9.78. The van der Waals surface area contributed by atoms with Gasteiger partial charge in [0.15, 0.2) is 0 Å². The number of hydrogen-bond acceptors (Lipinski definition) is 2. The van der Waals surface area contributed by atoms with E-state index in [0.29, 0.717) is 0 Å². The summed E-state index contributed by atoms with van der Waals surface area (Å²) in [4.78, 5) is 3.00. The Kier molecular flexibility index (Phi) is 5.02. The van der Waals surface area contributed by atoms with Gasteiger partial charge in [-0.05, 0) is 24.3 Å². The summed E-state index contributed by atoms with van der Waals surface area (Å²) in [6, 6.07) is 3.78. The number of aliphatic hydroxyl groups excluding tert-OH is 1. The van der Waals surface area contributed by atoms with Crippen molar-refractivity contribution in [3.63, 3.8) is 0 Å². The van der Waals surface area contributed by atoms with Gasteiger partial charge < -0.3 is 15.4 Å². The topological polar surface area (TPSA) is 48.0 Å². The van der Waals surface area contributed by atoms with Crippen LogP contribution in [-0.4, -0.2) is 10.1 Å². The second-order valence-corrected chi connectivity index (χ2v) is 4.19. The first kappa shape index (κ1) is 13.2. The molecule has 1 atom stereocenters. The third-order valence-electron chi connectivity index (χ3n) is 2.80. The lowest BCUT2D eigenvalue weighted by molar-refractivity contribution is 0.148. The summed E-state index contributed by atoms with van der Waals surface area (Å²) >= 11 is 0. The summed E-state index contributed by atoms with van der Waals surface area (Å²) in [7, 11) is 0. The third-order valence-corrected chi connectivity index (χ3v) is 2.80. The molecule has 3 rings (SSSR count). The van der Waals surface area contributed by atoms with Crippen LogP contribution < -0.4 is 5.32 Å². The number of allylic oxidation sites excluding steroid dienone is 6. The van der Waals surface area contributed by atoms with Crippen molar-refractivity contribution in [1.82, 2.24) is 10.3 Å². The average molecular weight is 254 g/mol. The Morgan fingerprint density at radius 1 is 0.947 bits per heavy atom. The van der Waals surface area contributed by atoms with Gasteiger partial charge in [0.1, 0.15) is 6.10 Å². The molecule has 1 aromatic rings. The maximum Gasteiger partial charge on any atom is 0.103 e. The molecule has 1 unspecified atom stereocenters. The highest BCUT2D eigenvalue weighted by Gasteiger charge is 2.17. The minimum absolute atomic E-state index is 0.128. The van der Waals surface area contributed by atoms with Crippen LogP contribution in [0.25, 0.3) is 0 Å². The molecule has 0 aromatic carbocycles. The van der Waals surface area contributed by atoms with E-state index in [0.717, 1.165) is 5.69 Å². The fourth-order valence-electron chi connectivity index (χ4n) is 1.80. The van der Waals surface area contributed by atoms with Crippen molar-refractivity contribution in [2.75, 3.05) is 0 Å². The van der Waals surface area contributed by atoms with E-state index in [1.54, 1.807) is 0 Å². The first-order valence-electron chi connectivity index (χ1n) is 6.28. The molecule has 2 aliphatic rings. The maximum absolute atomic E-state index is 9.78. The van der Waals surface area contributed by atoms with Gasteiger partial charge in [-0.1, -0.05) is 36.5 Å². The van der Waals surface area contributed by atoms with Crippen molar-refractivity contribution in [3.05, 3.63) is 85.0 Å². The van der Waals surface area contributed by atoms with E-state index in [1.807, 2.05) is 79.3 Å². The van der Waals surface area contributed by atoms with E-state index in [9.17, 15) is 5.11 Å². The van der Waals surface area contributed by atoms with Crippen molar-refractivity contribution in [2.45, 2.75) is 6.10 Å². The van der Waals surface area contributed by atoms with Gasteiger partial charge in [-0.2, -0.15) is 0 Å². The number of aromatic amines is 1. The summed E-state index contributed by atoms with van der Waals surface area (Å²) < 4.78 is 0. The second-order valence-electron chi connectivity index (χ2n) is 4.19. The van der Waals surface area contributed by atoms with Crippen molar-refractivity contribution in [2.24, 2.45) is 5.92 Å². The number of nitrogens with one attached hydrogen (secondary N) is 2. The highest BCUT2D eigenvalue weighted by atomic mass is 16.3. The zero-order valence-corrected chi connectivity index (χ0v) is 10.6. The van der Waals surface area contributed by atoms with Gasteiger partial charge in [0, 0.05) is 30.2 Å². The Hall–Kier alpha value is -2.26. The fourth-order valence-corrected chi connectivity index (χ4v) is 1.80. The molecule has 1 aliphatic heterocycles. The van der Waals surface area contributed by atoms with Gasteiger partial charge in [-0.3, -0.25) is 0 Å². The summed E-state index contributed by atoms with van der Waals surface area (Å²) in [5, 5.41) is 12.7. The smallest absolute Gasteiger partial charge is 0.103 e. The van der Waals surface area contributed by atoms with E-state index in [-0.39, 0.29) is 5.92 Å². The van der Waals surface area contributed by atoms with Crippen molar-refractivity contribution in [1.29, 1.82) is 0 Å². The monoisotopic (exact) mass is 254 g/mol. The highest BCUT2D eigenvalue weighted by Crippen LogP contribution is 2.25. The van der Waals surface area contributed by atoms with Gasteiger partial charge in [0.25, 0.3) is 0 Å². The molecule has 0 fully saturated rings. The van der Waals surface area contributed by atoms with Crippen LogP contribution in [0.5, 0.6) is 0 Å². The zero-order valence-electron chi connectivity index (χ0n) is 10.6. The van der Waals surface area contributed by atoms with E-state index in [2.05, 4.69) is 10.3 Å². The molecular formula is C16H18N2O. The van der Waals surface area contributed by atoms with Crippen molar-refractivity contribution >= 4 is 0 Å². The van der Waals surface area contributed by atoms with Crippen LogP contribution >= 0.6 is 0 Å². The number of rotatable bonds is 2. The Balaban J connectivity index is 0.000000163. The molecule has 2 heterocycles. The SMILES string of the molecule is C1=CC=CNC=C1.OC(c1ccc[nH]1)C1C=CC=C1. The predicted molar refractivity (Wildman–Crippen MR) is 78.1 cm³/mol. The van der Waals surface area contributed by atoms with Crippen LogP contribution in [0.15, 0.2) is 79.3 Å².